The Labute approximate surface area is 125 Å². The first-order chi connectivity index (χ1) is 10.0. The van der Waals surface area contributed by atoms with E-state index in [1.165, 1.54) is 0 Å². The standard InChI is InChI=1S/C16H22N2O3/c1-11-7-6-10-18(12(11)2)16(21)17-14(15(19)20)13-8-4-3-5-9-13/h3-5,8-9,11-12,14H,6-7,10H2,1-2H3,(H,17,21)(H,19,20)/t11?,12?,14-/m1/s1. The molecule has 2 unspecified atom stereocenters. The van der Waals surface area contributed by atoms with Gasteiger partial charge >= 0.3 is 12.0 Å². The van der Waals surface area contributed by atoms with E-state index in [0.717, 1.165) is 12.8 Å². The Bertz CT molecular complexity index is 504. The number of carbonyl (C=O) groups excluding carboxylic acids is 1. The minimum atomic E-state index is -1.05. The second-order valence-corrected chi connectivity index (χ2v) is 5.68. The molecule has 1 aliphatic heterocycles. The molecule has 1 aromatic carbocycles. The predicted molar refractivity (Wildman–Crippen MR) is 79.9 cm³/mol. The van der Waals surface area contributed by atoms with Gasteiger partial charge in [-0.15, -0.1) is 0 Å². The zero-order valence-electron chi connectivity index (χ0n) is 12.5. The van der Waals surface area contributed by atoms with Crippen LogP contribution in [0.5, 0.6) is 0 Å². The van der Waals surface area contributed by atoms with Gasteiger partial charge in [0.2, 0.25) is 0 Å². The van der Waals surface area contributed by atoms with Crippen molar-refractivity contribution in [3.05, 3.63) is 35.9 Å². The number of rotatable bonds is 3. The number of carboxylic acids is 1. The van der Waals surface area contributed by atoms with Crippen LogP contribution in [0.15, 0.2) is 30.3 Å². The van der Waals surface area contributed by atoms with Crippen molar-refractivity contribution in [2.75, 3.05) is 6.54 Å². The van der Waals surface area contributed by atoms with Gasteiger partial charge in [0, 0.05) is 12.6 Å². The molecule has 0 bridgehead atoms. The average Bonchev–Trinajstić information content (AvgIpc) is 2.48. The van der Waals surface area contributed by atoms with Crippen molar-refractivity contribution < 1.29 is 14.7 Å². The number of nitrogens with zero attached hydrogens (tertiary/aromatic N) is 1. The van der Waals surface area contributed by atoms with Gasteiger partial charge in [-0.1, -0.05) is 37.3 Å². The molecular formula is C16H22N2O3. The molecule has 114 valence electrons. The maximum Gasteiger partial charge on any atom is 0.330 e. The van der Waals surface area contributed by atoms with Crippen molar-refractivity contribution in [2.24, 2.45) is 5.92 Å². The third kappa shape index (κ3) is 3.54. The van der Waals surface area contributed by atoms with Gasteiger partial charge in [-0.3, -0.25) is 0 Å². The maximum atomic E-state index is 12.4. The number of likely N-dealkylation sites (tertiary alicyclic amines) is 1. The molecular weight excluding hydrogens is 268 g/mol. The second-order valence-electron chi connectivity index (χ2n) is 5.68. The van der Waals surface area contributed by atoms with Crippen molar-refractivity contribution in [3.63, 3.8) is 0 Å². The Hall–Kier alpha value is -2.04. The van der Waals surface area contributed by atoms with Crippen molar-refractivity contribution in [2.45, 2.75) is 38.8 Å². The quantitative estimate of drug-likeness (QED) is 0.899. The minimum absolute atomic E-state index is 0.129. The summed E-state index contributed by atoms with van der Waals surface area (Å²) in [4.78, 5) is 25.6. The highest BCUT2D eigenvalue weighted by Crippen LogP contribution is 2.23. The SMILES string of the molecule is CC1CCCN(C(=O)N[C@@H](C(=O)O)c2ccccc2)C1C. The summed E-state index contributed by atoms with van der Waals surface area (Å²) in [6.45, 7) is 4.82. The summed E-state index contributed by atoms with van der Waals surface area (Å²) in [5, 5.41) is 12.0. The molecule has 1 fully saturated rings. The van der Waals surface area contributed by atoms with Gasteiger partial charge in [0.1, 0.15) is 0 Å². The smallest absolute Gasteiger partial charge is 0.330 e. The Morgan fingerprint density at radius 2 is 1.95 bits per heavy atom. The number of carbonyl (C=O) groups is 2. The van der Waals surface area contributed by atoms with Gasteiger partial charge in [0.05, 0.1) is 0 Å². The molecule has 0 spiro atoms. The van der Waals surface area contributed by atoms with Crippen LogP contribution in [-0.4, -0.2) is 34.6 Å². The molecule has 0 saturated carbocycles. The fourth-order valence-electron chi connectivity index (χ4n) is 2.76. The summed E-state index contributed by atoms with van der Waals surface area (Å²) in [6, 6.07) is 7.59. The third-order valence-electron chi connectivity index (χ3n) is 4.28. The normalized spacial score (nSPS) is 23.4. The van der Waals surface area contributed by atoms with E-state index < -0.39 is 12.0 Å². The van der Waals surface area contributed by atoms with Crippen molar-refractivity contribution >= 4 is 12.0 Å². The highest BCUT2D eigenvalue weighted by molar-refractivity contribution is 5.83. The summed E-state index contributed by atoms with van der Waals surface area (Å²) < 4.78 is 0. The lowest BCUT2D eigenvalue weighted by Gasteiger charge is -2.38. The second kappa shape index (κ2) is 6.61. The van der Waals surface area contributed by atoms with E-state index in [1.807, 2.05) is 13.0 Å². The first-order valence-corrected chi connectivity index (χ1v) is 7.35. The molecule has 1 saturated heterocycles. The molecule has 1 aromatic rings. The van der Waals surface area contributed by atoms with E-state index in [2.05, 4.69) is 12.2 Å². The van der Waals surface area contributed by atoms with Gasteiger partial charge < -0.3 is 15.3 Å². The molecule has 1 aliphatic rings. The number of aliphatic carboxylic acids is 1. The molecule has 5 nitrogen and oxygen atoms in total. The van der Waals surface area contributed by atoms with E-state index in [0.29, 0.717) is 18.0 Å². The van der Waals surface area contributed by atoms with Gasteiger partial charge in [0.25, 0.3) is 0 Å². The lowest BCUT2D eigenvalue weighted by atomic mass is 9.92. The van der Waals surface area contributed by atoms with Crippen molar-refractivity contribution in [1.29, 1.82) is 0 Å². The monoisotopic (exact) mass is 290 g/mol. The fourth-order valence-corrected chi connectivity index (χ4v) is 2.76. The van der Waals surface area contributed by atoms with Gasteiger partial charge in [-0.05, 0) is 31.2 Å². The van der Waals surface area contributed by atoms with Crippen LogP contribution in [0.4, 0.5) is 4.79 Å². The summed E-state index contributed by atoms with van der Waals surface area (Å²) in [5.41, 5.74) is 0.580. The molecule has 1 heterocycles. The van der Waals surface area contributed by atoms with E-state index in [4.69, 9.17) is 0 Å². The number of carboxylic acid groups (broad SMARTS) is 1. The van der Waals surface area contributed by atoms with Crippen LogP contribution in [0.2, 0.25) is 0 Å². The van der Waals surface area contributed by atoms with Gasteiger partial charge in [0.15, 0.2) is 6.04 Å². The highest BCUT2D eigenvalue weighted by Gasteiger charge is 2.31. The van der Waals surface area contributed by atoms with Crippen LogP contribution in [0.1, 0.15) is 38.3 Å². The van der Waals surface area contributed by atoms with Gasteiger partial charge in [-0.2, -0.15) is 0 Å². The molecule has 21 heavy (non-hydrogen) atoms. The number of amides is 2. The highest BCUT2D eigenvalue weighted by atomic mass is 16.4. The Morgan fingerprint density at radius 3 is 2.57 bits per heavy atom. The largest absolute Gasteiger partial charge is 0.479 e. The van der Waals surface area contributed by atoms with E-state index in [1.54, 1.807) is 29.2 Å². The molecule has 0 radical (unpaired) electrons. The molecule has 0 aliphatic carbocycles. The fraction of sp³-hybridized carbons (Fsp3) is 0.500. The Kier molecular flexibility index (Phi) is 4.83. The lowest BCUT2D eigenvalue weighted by Crippen LogP contribution is -2.51. The zero-order chi connectivity index (χ0) is 15.4. The number of nitrogens with one attached hydrogen (secondary N) is 1. The zero-order valence-corrected chi connectivity index (χ0v) is 12.5. The van der Waals surface area contributed by atoms with Crippen LogP contribution in [-0.2, 0) is 4.79 Å². The van der Waals surface area contributed by atoms with E-state index in [-0.39, 0.29) is 12.1 Å². The van der Waals surface area contributed by atoms with E-state index >= 15 is 0 Å². The van der Waals surface area contributed by atoms with Crippen LogP contribution < -0.4 is 5.32 Å². The molecule has 5 heteroatoms. The van der Waals surface area contributed by atoms with Crippen LogP contribution in [0, 0.1) is 5.92 Å². The van der Waals surface area contributed by atoms with Crippen LogP contribution in [0.3, 0.4) is 0 Å². The number of urea groups is 1. The number of piperidine rings is 1. The van der Waals surface area contributed by atoms with Crippen molar-refractivity contribution in [1.82, 2.24) is 10.2 Å². The van der Waals surface area contributed by atoms with E-state index in [9.17, 15) is 14.7 Å². The molecule has 2 amide bonds. The Balaban J connectivity index is 2.10. The molecule has 2 rings (SSSR count). The number of hydrogen-bond donors (Lipinski definition) is 2. The first kappa shape index (κ1) is 15.4. The molecule has 0 aromatic heterocycles. The Morgan fingerprint density at radius 1 is 1.29 bits per heavy atom. The molecule has 3 atom stereocenters. The average molecular weight is 290 g/mol. The number of benzene rings is 1. The maximum absolute atomic E-state index is 12.4. The van der Waals surface area contributed by atoms with Gasteiger partial charge in [-0.25, -0.2) is 9.59 Å². The summed E-state index contributed by atoms with van der Waals surface area (Å²) in [6.07, 6.45) is 2.06. The predicted octanol–water partition coefficient (Wildman–Crippen LogP) is 2.64. The molecule has 2 N–H and O–H groups in total. The topological polar surface area (TPSA) is 69.6 Å². The first-order valence-electron chi connectivity index (χ1n) is 7.35. The third-order valence-corrected chi connectivity index (χ3v) is 4.28. The lowest BCUT2D eigenvalue weighted by molar-refractivity contribution is -0.139. The minimum Gasteiger partial charge on any atom is -0.479 e. The van der Waals surface area contributed by atoms with Crippen LogP contribution in [0.25, 0.3) is 0 Å². The summed E-state index contributed by atoms with van der Waals surface area (Å²) in [5.74, 6) is -0.614. The summed E-state index contributed by atoms with van der Waals surface area (Å²) in [7, 11) is 0. The van der Waals surface area contributed by atoms with Crippen LogP contribution >= 0.6 is 0 Å². The van der Waals surface area contributed by atoms with Crippen molar-refractivity contribution in [3.8, 4) is 0 Å². The summed E-state index contributed by atoms with van der Waals surface area (Å²) >= 11 is 0. The number of hydrogen-bond acceptors (Lipinski definition) is 2.